The smallest absolute Gasteiger partial charge is 0.254 e. The Morgan fingerprint density at radius 3 is 2.11 bits per heavy atom. The number of aliphatic imine (C=N–C) groups is 1. The van der Waals surface area contributed by atoms with Crippen molar-refractivity contribution in [2.45, 2.75) is 27.7 Å². The predicted molar refractivity (Wildman–Crippen MR) is 155 cm³/mol. The molecule has 11 heteroatoms. The van der Waals surface area contributed by atoms with Crippen molar-refractivity contribution in [3.8, 4) is 17.2 Å². The molecule has 0 saturated heterocycles. The molecular weight excluding hydrogens is 587 g/mol. The molecule has 0 fully saturated rings. The quantitative estimate of drug-likeness (QED) is 0.137. The maximum atomic E-state index is 13.2. The Kier molecular flexibility index (Phi) is 10.2. The van der Waals surface area contributed by atoms with Gasteiger partial charge in [-0.1, -0.05) is 27.7 Å². The molecule has 0 aliphatic carbocycles. The van der Waals surface area contributed by atoms with Crippen LogP contribution in [0.15, 0.2) is 17.1 Å². The number of hydrogen-bond acceptors (Lipinski definition) is 9. The highest BCUT2D eigenvalue weighted by Gasteiger charge is 2.22. The number of nitrogens with zero attached hydrogens (tertiary/aromatic N) is 5. The van der Waals surface area contributed by atoms with E-state index in [2.05, 4.69) is 57.8 Å². The molecule has 2 aromatic carbocycles. The molecule has 3 rings (SSSR count). The van der Waals surface area contributed by atoms with E-state index in [0.29, 0.717) is 23.2 Å². The molecule has 4 N–H and O–H groups in total. The van der Waals surface area contributed by atoms with Crippen molar-refractivity contribution in [1.82, 2.24) is 25.1 Å². The van der Waals surface area contributed by atoms with Gasteiger partial charge in [0.2, 0.25) is 0 Å². The van der Waals surface area contributed by atoms with E-state index in [4.69, 9.17) is 0 Å². The Hall–Kier alpha value is -2.77. The molecule has 0 saturated carbocycles. The number of fused-ring (bicyclic) bond motifs is 2. The molecule has 3 aromatic rings. The summed E-state index contributed by atoms with van der Waals surface area (Å²) in [7, 11) is 0. The maximum Gasteiger partial charge on any atom is 0.254 e. The van der Waals surface area contributed by atoms with Crippen LogP contribution in [0.25, 0.3) is 22.1 Å². The molecular formula is C26H35IN6O4. The van der Waals surface area contributed by atoms with Gasteiger partial charge in [0.15, 0.2) is 0 Å². The molecule has 0 spiro atoms. The Morgan fingerprint density at radius 1 is 0.892 bits per heavy atom. The Labute approximate surface area is 230 Å². The lowest BCUT2D eigenvalue weighted by atomic mass is 10.1. The van der Waals surface area contributed by atoms with E-state index in [1.807, 2.05) is 22.6 Å². The predicted octanol–water partition coefficient (Wildman–Crippen LogP) is 3.34. The number of phenolic OH excluding ortho intramolecular Hbond substituents is 3. The van der Waals surface area contributed by atoms with Gasteiger partial charge >= 0.3 is 0 Å². The highest BCUT2D eigenvalue weighted by Crippen LogP contribution is 2.36. The van der Waals surface area contributed by atoms with E-state index in [9.17, 15) is 20.1 Å². The number of amides is 1. The van der Waals surface area contributed by atoms with Crippen molar-refractivity contribution in [2.75, 3.05) is 52.4 Å². The molecule has 0 atom stereocenters. The highest BCUT2D eigenvalue weighted by molar-refractivity contribution is 14.1. The fourth-order valence-electron chi connectivity index (χ4n) is 4.12. The van der Waals surface area contributed by atoms with Crippen LogP contribution in [0.1, 0.15) is 43.6 Å². The standard InChI is InChI=1S/C26H35IN6O4/c1-5-32(6-2)11-9-28-15-16-18(34)14-20(36)23-22(16)30-24-19(35)13-17(27)21(25(24)31-23)26(37)29-10-12-33(7-3)8-4/h13-15,34-36H,5-12H2,1-4H3,(H,29,37). The van der Waals surface area contributed by atoms with Crippen molar-refractivity contribution < 1.29 is 20.1 Å². The molecule has 1 heterocycles. The van der Waals surface area contributed by atoms with E-state index in [1.165, 1.54) is 18.3 Å². The zero-order chi connectivity index (χ0) is 27.1. The van der Waals surface area contributed by atoms with Crippen LogP contribution in [0.5, 0.6) is 17.2 Å². The molecule has 1 amide bonds. The third-order valence-electron chi connectivity index (χ3n) is 6.42. The Bertz CT molecular complexity index is 1290. The number of aromatic nitrogens is 2. The fraction of sp³-hybridized carbons (Fsp3) is 0.462. The molecule has 0 radical (unpaired) electrons. The first-order valence-corrected chi connectivity index (χ1v) is 13.6. The van der Waals surface area contributed by atoms with Crippen molar-refractivity contribution in [2.24, 2.45) is 4.99 Å². The molecule has 0 bridgehead atoms. The van der Waals surface area contributed by atoms with Gasteiger partial charge in [0.1, 0.15) is 39.3 Å². The normalized spacial score (nSPS) is 12.0. The molecule has 37 heavy (non-hydrogen) atoms. The van der Waals surface area contributed by atoms with Gasteiger partial charge in [0, 0.05) is 35.5 Å². The summed E-state index contributed by atoms with van der Waals surface area (Å²) in [5, 5.41) is 34.7. The van der Waals surface area contributed by atoms with Crippen LogP contribution < -0.4 is 5.32 Å². The third kappa shape index (κ3) is 6.57. The lowest BCUT2D eigenvalue weighted by molar-refractivity contribution is 0.0949. The second-order valence-corrected chi connectivity index (χ2v) is 9.71. The van der Waals surface area contributed by atoms with E-state index >= 15 is 0 Å². The number of carbonyl (C=O) groups excluding carboxylic acids is 1. The maximum absolute atomic E-state index is 13.2. The number of phenols is 3. The highest BCUT2D eigenvalue weighted by atomic mass is 127. The minimum absolute atomic E-state index is 0.101. The minimum atomic E-state index is -0.341. The number of likely N-dealkylation sites (N-methyl/N-ethyl adjacent to an activating group) is 2. The van der Waals surface area contributed by atoms with Gasteiger partial charge in [-0.2, -0.15) is 0 Å². The van der Waals surface area contributed by atoms with Crippen LogP contribution in [0.3, 0.4) is 0 Å². The van der Waals surface area contributed by atoms with Crippen molar-refractivity contribution >= 4 is 56.8 Å². The summed E-state index contributed by atoms with van der Waals surface area (Å²) in [5.41, 5.74) is 1.11. The number of hydrogen-bond donors (Lipinski definition) is 4. The van der Waals surface area contributed by atoms with Gasteiger partial charge in [-0.05, 0) is 54.8 Å². The number of rotatable bonds is 12. The zero-order valence-corrected chi connectivity index (χ0v) is 23.9. The molecule has 10 nitrogen and oxygen atoms in total. The van der Waals surface area contributed by atoms with Crippen molar-refractivity contribution in [3.05, 3.63) is 26.8 Å². The Balaban J connectivity index is 2.05. The van der Waals surface area contributed by atoms with Gasteiger partial charge in [0.05, 0.1) is 17.7 Å². The summed E-state index contributed by atoms with van der Waals surface area (Å²) in [6.45, 7) is 14.3. The third-order valence-corrected chi connectivity index (χ3v) is 7.27. The van der Waals surface area contributed by atoms with Gasteiger partial charge in [0.25, 0.3) is 5.91 Å². The summed E-state index contributed by atoms with van der Waals surface area (Å²) in [6, 6.07) is 2.65. The molecule has 0 unspecified atom stereocenters. The molecule has 0 aliphatic rings. The van der Waals surface area contributed by atoms with Crippen LogP contribution in [0.2, 0.25) is 0 Å². The number of halogens is 1. The SMILES string of the molecule is CCN(CC)CCN=Cc1c(O)cc(O)c2nc3c(C(=O)NCCN(CC)CC)c(I)cc(O)c3nc12. The largest absolute Gasteiger partial charge is 0.507 e. The average molecular weight is 623 g/mol. The van der Waals surface area contributed by atoms with Crippen LogP contribution >= 0.6 is 22.6 Å². The summed E-state index contributed by atoms with van der Waals surface area (Å²) < 4.78 is 0.507. The number of carbonyl (C=O) groups is 1. The fourth-order valence-corrected chi connectivity index (χ4v) is 4.91. The van der Waals surface area contributed by atoms with Gasteiger partial charge in [-0.15, -0.1) is 0 Å². The van der Waals surface area contributed by atoms with E-state index in [0.717, 1.165) is 32.7 Å². The lowest BCUT2D eigenvalue weighted by Gasteiger charge is -2.18. The lowest BCUT2D eigenvalue weighted by Crippen LogP contribution is -2.35. The second kappa shape index (κ2) is 13.2. The van der Waals surface area contributed by atoms with Crippen LogP contribution in [0, 0.1) is 3.57 Å². The minimum Gasteiger partial charge on any atom is -0.507 e. The van der Waals surface area contributed by atoms with E-state index < -0.39 is 0 Å². The second-order valence-electron chi connectivity index (χ2n) is 8.54. The number of benzene rings is 2. The molecule has 0 aliphatic heterocycles. The first-order valence-electron chi connectivity index (χ1n) is 12.6. The number of nitrogens with one attached hydrogen (secondary N) is 1. The average Bonchev–Trinajstić information content (AvgIpc) is 2.87. The molecule has 200 valence electrons. The van der Waals surface area contributed by atoms with Gasteiger partial charge in [-0.25, -0.2) is 9.97 Å². The zero-order valence-electron chi connectivity index (χ0n) is 21.8. The van der Waals surface area contributed by atoms with E-state index in [-0.39, 0.29) is 56.3 Å². The summed E-state index contributed by atoms with van der Waals surface area (Å²) >= 11 is 1.98. The monoisotopic (exact) mass is 622 g/mol. The summed E-state index contributed by atoms with van der Waals surface area (Å²) in [6.07, 6.45) is 1.51. The van der Waals surface area contributed by atoms with Crippen molar-refractivity contribution in [1.29, 1.82) is 0 Å². The van der Waals surface area contributed by atoms with Gasteiger partial charge < -0.3 is 30.4 Å². The summed E-state index contributed by atoms with van der Waals surface area (Å²) in [4.78, 5) is 31.1. The number of aromatic hydroxyl groups is 3. The van der Waals surface area contributed by atoms with Crippen LogP contribution in [-0.2, 0) is 0 Å². The Morgan fingerprint density at radius 2 is 1.46 bits per heavy atom. The first-order chi connectivity index (χ1) is 17.7. The van der Waals surface area contributed by atoms with Crippen LogP contribution in [-0.4, -0.2) is 99.6 Å². The van der Waals surface area contributed by atoms with Gasteiger partial charge in [-0.3, -0.25) is 9.79 Å². The van der Waals surface area contributed by atoms with Crippen LogP contribution in [0.4, 0.5) is 0 Å². The van der Waals surface area contributed by atoms with E-state index in [1.54, 1.807) is 0 Å². The summed E-state index contributed by atoms with van der Waals surface area (Å²) in [5.74, 6) is -0.981. The topological polar surface area (TPSA) is 134 Å². The molecule has 1 aromatic heterocycles. The first kappa shape index (κ1) is 28.8. The van der Waals surface area contributed by atoms with Crippen molar-refractivity contribution in [3.63, 3.8) is 0 Å².